The summed E-state index contributed by atoms with van der Waals surface area (Å²) in [7, 11) is -3.64. The quantitative estimate of drug-likeness (QED) is 0.456. The fraction of sp³-hybridized carbons (Fsp3) is 0.385. The van der Waals surface area contributed by atoms with Gasteiger partial charge in [0.15, 0.2) is 0 Å². The minimum atomic E-state index is -3.64. The molecule has 0 radical (unpaired) electrons. The van der Waals surface area contributed by atoms with E-state index in [4.69, 9.17) is 0 Å². The summed E-state index contributed by atoms with van der Waals surface area (Å²) in [6, 6.07) is 19.4. The molecule has 3 aromatic rings. The molecule has 33 heavy (non-hydrogen) atoms. The number of likely N-dealkylation sites (tertiary alicyclic amines) is 1. The lowest BCUT2D eigenvalue weighted by atomic mass is 10.1. The molecule has 2 aliphatic rings. The van der Waals surface area contributed by atoms with Gasteiger partial charge in [-0.25, -0.2) is 8.42 Å². The maximum atomic E-state index is 13.6. The summed E-state index contributed by atoms with van der Waals surface area (Å²) >= 11 is 1.72. The van der Waals surface area contributed by atoms with Gasteiger partial charge >= 0.3 is 0 Å². The first-order valence-corrected chi connectivity index (χ1v) is 14.3. The van der Waals surface area contributed by atoms with E-state index < -0.39 is 10.0 Å². The van der Waals surface area contributed by atoms with E-state index in [0.717, 1.165) is 52.3 Å². The minimum Gasteiger partial charge on any atom is -0.385 e. The predicted octanol–water partition coefficient (Wildman–Crippen LogP) is 5.43. The number of benzene rings is 3. The third-order valence-corrected chi connectivity index (χ3v) is 9.37. The monoisotopic (exact) mass is 481 g/mol. The SMILES string of the molecule is O=S(=O)(c1ccc2ccccc2c1)N1CCSc2ccc(NCCCN3CCCCC3)cc21. The molecule has 2 heterocycles. The van der Waals surface area contributed by atoms with Crippen molar-refractivity contribution >= 4 is 43.9 Å². The van der Waals surface area contributed by atoms with Gasteiger partial charge < -0.3 is 10.2 Å². The number of hydrogen-bond donors (Lipinski definition) is 1. The van der Waals surface area contributed by atoms with Crippen LogP contribution in [0.5, 0.6) is 0 Å². The van der Waals surface area contributed by atoms with E-state index in [-0.39, 0.29) is 0 Å². The van der Waals surface area contributed by atoms with E-state index in [0.29, 0.717) is 11.4 Å². The summed E-state index contributed by atoms with van der Waals surface area (Å²) < 4.78 is 28.8. The van der Waals surface area contributed by atoms with Crippen LogP contribution >= 0.6 is 11.8 Å². The Morgan fingerprint density at radius 3 is 2.55 bits per heavy atom. The van der Waals surface area contributed by atoms with Crippen LogP contribution in [-0.2, 0) is 10.0 Å². The maximum absolute atomic E-state index is 13.6. The summed E-state index contributed by atoms with van der Waals surface area (Å²) in [4.78, 5) is 3.91. The zero-order valence-electron chi connectivity index (χ0n) is 18.9. The number of nitrogens with one attached hydrogen (secondary N) is 1. The number of anilines is 2. The van der Waals surface area contributed by atoms with E-state index in [9.17, 15) is 8.42 Å². The molecule has 0 aromatic heterocycles. The number of nitrogens with zero attached hydrogens (tertiary/aromatic N) is 2. The molecule has 0 bridgehead atoms. The first-order chi connectivity index (χ1) is 16.1. The maximum Gasteiger partial charge on any atom is 0.264 e. The minimum absolute atomic E-state index is 0.346. The topological polar surface area (TPSA) is 52.7 Å². The first kappa shape index (κ1) is 22.6. The Kier molecular flexibility index (Phi) is 6.81. The normalized spacial score (nSPS) is 17.2. The van der Waals surface area contributed by atoms with E-state index in [2.05, 4.69) is 22.3 Å². The van der Waals surface area contributed by atoms with Gasteiger partial charge in [-0.1, -0.05) is 36.8 Å². The van der Waals surface area contributed by atoms with Crippen LogP contribution in [0.3, 0.4) is 0 Å². The van der Waals surface area contributed by atoms with Gasteiger partial charge in [0.05, 0.1) is 10.6 Å². The molecule has 0 amide bonds. The first-order valence-electron chi connectivity index (χ1n) is 11.9. The highest BCUT2D eigenvalue weighted by Gasteiger charge is 2.30. The van der Waals surface area contributed by atoms with Crippen molar-refractivity contribution in [3.63, 3.8) is 0 Å². The van der Waals surface area contributed by atoms with Gasteiger partial charge in [0.2, 0.25) is 0 Å². The molecular formula is C26H31N3O2S2. The molecule has 1 saturated heterocycles. The second-order valence-corrected chi connectivity index (χ2v) is 11.8. The van der Waals surface area contributed by atoms with E-state index in [1.807, 2.05) is 36.4 Å². The largest absolute Gasteiger partial charge is 0.385 e. The number of fused-ring (bicyclic) bond motifs is 2. The standard InChI is InChI=1S/C26H31N3O2S2/c30-33(31,24-11-9-21-7-2-3-8-22(21)19-24)29-17-18-32-26-12-10-23(20-25(26)29)27-13-6-16-28-14-4-1-5-15-28/h2-3,7-12,19-20,27H,1,4-6,13-18H2. The molecule has 0 unspecified atom stereocenters. The van der Waals surface area contributed by atoms with Crippen molar-refractivity contribution in [3.05, 3.63) is 60.7 Å². The lowest BCUT2D eigenvalue weighted by Gasteiger charge is -2.30. The molecule has 0 spiro atoms. The summed E-state index contributed by atoms with van der Waals surface area (Å²) in [5.74, 6) is 0.752. The fourth-order valence-electron chi connectivity index (χ4n) is 4.73. The highest BCUT2D eigenvalue weighted by molar-refractivity contribution is 8.00. The van der Waals surface area contributed by atoms with Crippen LogP contribution in [0.15, 0.2) is 70.5 Å². The van der Waals surface area contributed by atoms with E-state index in [1.165, 1.54) is 32.4 Å². The van der Waals surface area contributed by atoms with E-state index in [1.54, 1.807) is 28.2 Å². The van der Waals surface area contributed by atoms with Crippen molar-refractivity contribution in [2.45, 2.75) is 35.5 Å². The molecule has 7 heteroatoms. The van der Waals surface area contributed by atoms with Gasteiger partial charge in [-0.2, -0.15) is 0 Å². The second kappa shape index (κ2) is 9.95. The second-order valence-electron chi connectivity index (χ2n) is 8.80. The summed E-state index contributed by atoms with van der Waals surface area (Å²) in [5, 5.41) is 5.50. The van der Waals surface area contributed by atoms with Crippen molar-refractivity contribution in [2.24, 2.45) is 0 Å². The molecule has 2 aliphatic heterocycles. The van der Waals surface area contributed by atoms with Crippen LogP contribution in [0.4, 0.5) is 11.4 Å². The zero-order chi connectivity index (χ0) is 22.7. The Hall–Kier alpha value is -2.22. The molecule has 1 N–H and O–H groups in total. The van der Waals surface area contributed by atoms with Crippen molar-refractivity contribution in [1.29, 1.82) is 0 Å². The number of thioether (sulfide) groups is 1. The average Bonchev–Trinajstić information content (AvgIpc) is 2.86. The Bertz CT molecular complexity index is 1220. The van der Waals surface area contributed by atoms with Crippen LogP contribution in [0.1, 0.15) is 25.7 Å². The van der Waals surface area contributed by atoms with Crippen LogP contribution < -0.4 is 9.62 Å². The zero-order valence-corrected chi connectivity index (χ0v) is 20.5. The Morgan fingerprint density at radius 1 is 0.879 bits per heavy atom. The molecule has 5 nitrogen and oxygen atoms in total. The lowest BCUT2D eigenvalue weighted by molar-refractivity contribution is 0.228. The van der Waals surface area contributed by atoms with Crippen LogP contribution in [0.2, 0.25) is 0 Å². The Labute approximate surface area is 201 Å². The van der Waals surface area contributed by atoms with Crippen LogP contribution in [0.25, 0.3) is 10.8 Å². The fourth-order valence-corrected chi connectivity index (χ4v) is 7.39. The van der Waals surface area contributed by atoms with Crippen molar-refractivity contribution in [2.75, 3.05) is 48.1 Å². The highest BCUT2D eigenvalue weighted by Crippen LogP contribution is 2.39. The predicted molar refractivity (Wildman–Crippen MR) is 139 cm³/mol. The molecule has 0 aliphatic carbocycles. The number of piperidine rings is 1. The van der Waals surface area contributed by atoms with Crippen molar-refractivity contribution < 1.29 is 8.42 Å². The number of rotatable bonds is 7. The molecule has 1 fully saturated rings. The van der Waals surface area contributed by atoms with E-state index >= 15 is 0 Å². The Morgan fingerprint density at radius 2 is 1.70 bits per heavy atom. The molecule has 0 saturated carbocycles. The number of sulfonamides is 1. The summed E-state index contributed by atoms with van der Waals surface area (Å²) in [6.07, 6.45) is 5.08. The van der Waals surface area contributed by atoms with Crippen LogP contribution in [0, 0.1) is 0 Å². The third kappa shape index (κ3) is 5.00. The van der Waals surface area contributed by atoms with Gasteiger partial charge in [0, 0.05) is 29.4 Å². The van der Waals surface area contributed by atoms with Gasteiger partial charge in [0.25, 0.3) is 10.0 Å². The average molecular weight is 482 g/mol. The highest BCUT2D eigenvalue weighted by atomic mass is 32.2. The summed E-state index contributed by atoms with van der Waals surface area (Å²) in [6.45, 7) is 4.93. The van der Waals surface area contributed by atoms with Crippen LogP contribution in [-0.4, -0.2) is 51.8 Å². The Balaban J connectivity index is 1.32. The summed E-state index contributed by atoms with van der Waals surface area (Å²) in [5.41, 5.74) is 1.76. The van der Waals surface area contributed by atoms with Gasteiger partial charge in [-0.3, -0.25) is 4.31 Å². The smallest absolute Gasteiger partial charge is 0.264 e. The van der Waals surface area contributed by atoms with Crippen molar-refractivity contribution in [3.8, 4) is 0 Å². The lowest BCUT2D eigenvalue weighted by Crippen LogP contribution is -2.35. The van der Waals surface area contributed by atoms with Gasteiger partial charge in [-0.15, -0.1) is 11.8 Å². The molecule has 5 rings (SSSR count). The molecule has 3 aromatic carbocycles. The molecule has 0 atom stereocenters. The van der Waals surface area contributed by atoms with Crippen molar-refractivity contribution in [1.82, 2.24) is 4.90 Å². The third-order valence-electron chi connectivity index (χ3n) is 6.52. The van der Waals surface area contributed by atoms with Gasteiger partial charge in [0.1, 0.15) is 0 Å². The molecular weight excluding hydrogens is 450 g/mol. The van der Waals surface area contributed by atoms with Gasteiger partial charge in [-0.05, 0) is 80.0 Å². The number of hydrogen-bond acceptors (Lipinski definition) is 5. The molecule has 174 valence electrons.